The standard InChI is InChI=1S/C7H14.C6H12FP.C3H8.H2NO.Y/c1-7-5-3-2-4-6-7;1-5-3-2-4-6(5,7)8;1-3-2;1-2;/h7H,2-6H2,1H3;5H,2-4,8H2,1H3;3H2,1-2H3;1-2H;/q;;;-1;. The van der Waals surface area contributed by atoms with E-state index in [0.717, 1.165) is 25.2 Å². The van der Waals surface area contributed by atoms with Crippen molar-refractivity contribution >= 4 is 9.24 Å². The minimum absolute atomic E-state index is 0. The summed E-state index contributed by atoms with van der Waals surface area (Å²) in [5, 5.41) is 5.32. The van der Waals surface area contributed by atoms with Gasteiger partial charge in [-0.05, 0) is 31.1 Å². The maximum Gasteiger partial charge on any atom is 0.126 e. The van der Waals surface area contributed by atoms with Gasteiger partial charge in [-0.15, -0.1) is 0 Å². The van der Waals surface area contributed by atoms with Crippen molar-refractivity contribution in [1.82, 2.24) is 0 Å². The number of rotatable bonds is 0. The molecule has 0 spiro atoms. The summed E-state index contributed by atoms with van der Waals surface area (Å²) >= 11 is 0. The molecule has 0 aromatic rings. The van der Waals surface area contributed by atoms with Gasteiger partial charge in [0.25, 0.3) is 0 Å². The number of halogens is 1. The molecule has 3 atom stereocenters. The molecule has 0 aliphatic heterocycles. The fraction of sp³-hybridized carbons (Fsp3) is 1.00. The van der Waals surface area contributed by atoms with Crippen LogP contribution in [0.1, 0.15) is 85.5 Å². The first kappa shape index (κ1) is 27.2. The van der Waals surface area contributed by atoms with E-state index in [0.29, 0.717) is 0 Å². The van der Waals surface area contributed by atoms with Gasteiger partial charge in [0.2, 0.25) is 0 Å². The maximum absolute atomic E-state index is 13.0. The SMILES string of the molecule is CC1CCCC1(F)P.CC1CCCCC1.CCC.[NH-]O.[Y]. The zero-order valence-electron chi connectivity index (χ0n) is 14.5. The molecular weight excluding hydrogens is 361 g/mol. The van der Waals surface area contributed by atoms with Crippen molar-refractivity contribution in [2.45, 2.75) is 90.9 Å². The van der Waals surface area contributed by atoms with E-state index in [2.05, 4.69) is 30.0 Å². The van der Waals surface area contributed by atoms with Gasteiger partial charge in [0.05, 0.1) is 0 Å². The van der Waals surface area contributed by atoms with Crippen LogP contribution in [0, 0.1) is 11.8 Å². The molecule has 0 heterocycles. The molecule has 2 aliphatic carbocycles. The first-order chi connectivity index (χ1) is 9.44. The zero-order chi connectivity index (χ0) is 16.0. The van der Waals surface area contributed by atoms with Crippen molar-refractivity contribution < 1.29 is 42.3 Å². The average molecular weight is 397 g/mol. The monoisotopic (exact) mass is 397 g/mol. The van der Waals surface area contributed by atoms with Gasteiger partial charge in [0.15, 0.2) is 0 Å². The van der Waals surface area contributed by atoms with Crippen LogP contribution in [0.25, 0.3) is 5.90 Å². The van der Waals surface area contributed by atoms with Gasteiger partial charge in [-0.2, -0.15) is 0 Å². The molecular formula is C16H36FNOPY-. The molecule has 0 aromatic carbocycles. The Morgan fingerprint density at radius 3 is 1.62 bits per heavy atom. The van der Waals surface area contributed by atoms with Crippen molar-refractivity contribution in [3.63, 3.8) is 0 Å². The van der Waals surface area contributed by atoms with Crippen molar-refractivity contribution in [3.8, 4) is 0 Å². The van der Waals surface area contributed by atoms with Crippen LogP contribution in [0.3, 0.4) is 0 Å². The van der Waals surface area contributed by atoms with Crippen molar-refractivity contribution in [2.75, 3.05) is 0 Å². The van der Waals surface area contributed by atoms with E-state index in [4.69, 9.17) is 11.1 Å². The molecule has 3 unspecified atom stereocenters. The van der Waals surface area contributed by atoms with E-state index < -0.39 is 5.41 Å². The van der Waals surface area contributed by atoms with E-state index in [1.54, 1.807) is 0 Å². The third-order valence-electron chi connectivity index (χ3n) is 3.91. The van der Waals surface area contributed by atoms with Crippen LogP contribution in [0.2, 0.25) is 0 Å². The number of hydrogen-bond donors (Lipinski definition) is 1. The fourth-order valence-corrected chi connectivity index (χ4v) is 2.84. The Kier molecular flexibility index (Phi) is 23.0. The summed E-state index contributed by atoms with van der Waals surface area (Å²) in [5.74, 6) is 6.04. The van der Waals surface area contributed by atoms with Crippen LogP contribution in [-0.4, -0.2) is 10.6 Å². The summed E-state index contributed by atoms with van der Waals surface area (Å²) < 4.78 is 13.0. The minimum Gasteiger partial charge on any atom is -0.553 e. The summed E-state index contributed by atoms with van der Waals surface area (Å²) in [5.41, 5.74) is 0. The first-order valence-electron chi connectivity index (χ1n) is 8.14. The van der Waals surface area contributed by atoms with Gasteiger partial charge in [-0.1, -0.05) is 75.5 Å². The molecule has 21 heavy (non-hydrogen) atoms. The molecule has 2 N–H and O–H groups in total. The van der Waals surface area contributed by atoms with Crippen molar-refractivity contribution in [3.05, 3.63) is 5.90 Å². The van der Waals surface area contributed by atoms with Gasteiger partial charge in [0.1, 0.15) is 5.41 Å². The second-order valence-corrected chi connectivity index (χ2v) is 7.13. The normalized spacial score (nSPS) is 27.7. The van der Waals surface area contributed by atoms with Crippen LogP contribution in [0.4, 0.5) is 4.39 Å². The van der Waals surface area contributed by atoms with Crippen LogP contribution in [-0.2, 0) is 32.7 Å². The Morgan fingerprint density at radius 1 is 1.05 bits per heavy atom. The quantitative estimate of drug-likeness (QED) is 0.356. The summed E-state index contributed by atoms with van der Waals surface area (Å²) in [6.07, 6.45) is 11.5. The maximum atomic E-state index is 13.0. The molecule has 0 bridgehead atoms. The molecule has 2 fully saturated rings. The predicted octanol–water partition coefficient (Wildman–Crippen LogP) is 6.78. The molecule has 0 aromatic heterocycles. The second kappa shape index (κ2) is 17.7. The molecule has 2 aliphatic rings. The zero-order valence-corrected chi connectivity index (χ0v) is 18.5. The Bertz CT molecular complexity index is 203. The molecule has 127 valence electrons. The fourth-order valence-electron chi connectivity index (χ4n) is 2.47. The summed E-state index contributed by atoms with van der Waals surface area (Å²) in [6, 6.07) is 0. The molecule has 2 saturated carbocycles. The number of alkyl halides is 1. The van der Waals surface area contributed by atoms with E-state index >= 15 is 0 Å². The third-order valence-corrected chi connectivity index (χ3v) is 4.77. The largest absolute Gasteiger partial charge is 0.553 e. The molecule has 2 nitrogen and oxygen atoms in total. The summed E-state index contributed by atoms with van der Waals surface area (Å²) in [7, 11) is 2.30. The van der Waals surface area contributed by atoms with Gasteiger partial charge in [-0.3, -0.25) is 0 Å². The van der Waals surface area contributed by atoms with Gasteiger partial charge in [0, 0.05) is 32.7 Å². The molecule has 0 amide bonds. The van der Waals surface area contributed by atoms with Gasteiger partial charge < -0.3 is 11.1 Å². The van der Waals surface area contributed by atoms with E-state index in [1.807, 2.05) is 6.92 Å². The van der Waals surface area contributed by atoms with Crippen LogP contribution in [0.15, 0.2) is 0 Å². The van der Waals surface area contributed by atoms with Crippen molar-refractivity contribution in [2.24, 2.45) is 11.8 Å². The first-order valence-corrected chi connectivity index (χ1v) is 8.71. The van der Waals surface area contributed by atoms with E-state index in [-0.39, 0.29) is 38.6 Å². The van der Waals surface area contributed by atoms with E-state index in [1.165, 1.54) is 38.5 Å². The molecule has 1 radical (unpaired) electrons. The topological polar surface area (TPSA) is 44.0 Å². The van der Waals surface area contributed by atoms with Crippen LogP contribution >= 0.6 is 9.24 Å². The van der Waals surface area contributed by atoms with Gasteiger partial charge in [-0.25, -0.2) is 4.39 Å². The number of nitrogens with one attached hydrogen (secondary N) is 1. The summed E-state index contributed by atoms with van der Waals surface area (Å²) in [6.45, 7) is 8.58. The smallest absolute Gasteiger partial charge is 0.126 e. The minimum atomic E-state index is -0.931. The Labute approximate surface area is 159 Å². The van der Waals surface area contributed by atoms with Gasteiger partial charge >= 0.3 is 0 Å². The Morgan fingerprint density at radius 2 is 1.48 bits per heavy atom. The summed E-state index contributed by atoms with van der Waals surface area (Å²) in [4.78, 5) is 0. The average Bonchev–Trinajstić information content (AvgIpc) is 2.73. The van der Waals surface area contributed by atoms with Crippen molar-refractivity contribution in [1.29, 1.82) is 0 Å². The van der Waals surface area contributed by atoms with Crippen LogP contribution < -0.4 is 0 Å². The molecule has 0 saturated heterocycles. The molecule has 2 rings (SSSR count). The predicted molar refractivity (Wildman–Crippen MR) is 90.9 cm³/mol. The Balaban J connectivity index is -0.000000230. The molecule has 5 heteroatoms. The van der Waals surface area contributed by atoms with E-state index in [9.17, 15) is 4.39 Å². The van der Waals surface area contributed by atoms with Crippen LogP contribution in [0.5, 0.6) is 0 Å². The second-order valence-electron chi connectivity index (χ2n) is 6.17. The third kappa shape index (κ3) is 16.0. The number of hydrogen-bond acceptors (Lipinski definition) is 1. The Hall–Kier alpha value is 1.38.